The molecule has 2 saturated carbocycles. The number of Topliss-reactive ketones (excluding diaryl/α,β-unsaturated/α-hetero) is 1. The van der Waals surface area contributed by atoms with Gasteiger partial charge in [-0.1, -0.05) is 86.5 Å². The minimum atomic E-state index is -1.40. The molecule has 2 fully saturated rings. The number of ketones is 1. The van der Waals surface area contributed by atoms with E-state index in [4.69, 9.17) is 35.0 Å². The monoisotopic (exact) mass is 1460 g/mol. The number of carbonyl (C=O) groups excluding carboxylic acids is 2. The number of nitrogen functional groups attached to an aromatic ring is 1. The summed E-state index contributed by atoms with van der Waals surface area (Å²) in [4.78, 5) is 59.8. The number of carboxylic acids is 1. The van der Waals surface area contributed by atoms with Crippen LogP contribution in [-0.2, 0) is 60.1 Å². The number of nitrogens with one attached hydrogen (secondary N) is 1. The minimum Gasteiger partial charge on any atom is -0.478 e. The molecule has 2 aliphatic heterocycles. The number of anilines is 2. The van der Waals surface area contributed by atoms with Crippen LogP contribution in [0.5, 0.6) is 0 Å². The third-order valence-electron chi connectivity index (χ3n) is 16.5. The van der Waals surface area contributed by atoms with Crippen molar-refractivity contribution in [1.82, 2.24) is 69.2 Å². The Hall–Kier alpha value is -9.94. The predicted octanol–water partition coefficient (Wildman–Crippen LogP) is 10.5. The van der Waals surface area contributed by atoms with Gasteiger partial charge in [-0.3, -0.25) is 19.6 Å². The largest absolute Gasteiger partial charge is 0.490 e. The van der Waals surface area contributed by atoms with E-state index in [-0.39, 0.29) is 30.3 Å². The zero-order valence-electron chi connectivity index (χ0n) is 53.7. The first kappa shape index (κ1) is 69.0. The molecule has 0 atom stereocenters. The number of carboxylic acid groups (broad SMARTS) is 1. The molecule has 6 N–H and O–H groups in total. The number of pyridine rings is 5. The van der Waals surface area contributed by atoms with Crippen LogP contribution in [0, 0.1) is 0 Å². The highest BCUT2D eigenvalue weighted by molar-refractivity contribution is 9.10. The van der Waals surface area contributed by atoms with Crippen molar-refractivity contribution < 1.29 is 43.7 Å². The number of fused-ring (bicyclic) bond motifs is 10. The van der Waals surface area contributed by atoms with Gasteiger partial charge >= 0.3 is 13.1 Å². The molecule has 2 aliphatic carbocycles. The number of nitrogens with zero attached hydrogens (tertiary/aromatic N) is 14. The van der Waals surface area contributed by atoms with Crippen LogP contribution in [0.25, 0.3) is 45.7 Å². The Morgan fingerprint density at radius 1 is 0.646 bits per heavy atom. The highest BCUT2D eigenvalue weighted by Crippen LogP contribution is 2.40. The number of hydrogen-bond acceptors (Lipinski definition) is 20. The second-order valence-corrected chi connectivity index (χ2v) is 25.7. The van der Waals surface area contributed by atoms with Gasteiger partial charge in [0.05, 0.1) is 31.8 Å². The van der Waals surface area contributed by atoms with E-state index in [0.29, 0.717) is 126 Å². The van der Waals surface area contributed by atoms with E-state index in [9.17, 15) is 19.5 Å². The second-order valence-electron chi connectivity index (χ2n) is 23.9. The molecule has 10 heterocycles. The molecule has 1 amide bonds. The van der Waals surface area contributed by atoms with Gasteiger partial charge < -0.3 is 54.1 Å². The molecule has 28 heteroatoms. The highest BCUT2D eigenvalue weighted by Gasteiger charge is 2.27. The smallest absolute Gasteiger partial charge is 0.478 e. The molecule has 504 valence electrons. The van der Waals surface area contributed by atoms with Gasteiger partial charge in [0.25, 0.3) is 5.91 Å². The first-order chi connectivity index (χ1) is 48.3. The van der Waals surface area contributed by atoms with Gasteiger partial charge in [-0.05, 0) is 146 Å². The number of ether oxygens (including phenoxy) is 3. The van der Waals surface area contributed by atoms with Crippen LogP contribution in [-0.4, -0.2) is 129 Å². The van der Waals surface area contributed by atoms with Gasteiger partial charge in [0.15, 0.2) is 23.3 Å². The Bertz CT molecular complexity index is 4580. The van der Waals surface area contributed by atoms with Crippen LogP contribution in [0.4, 0.5) is 11.6 Å². The molecule has 0 unspecified atom stereocenters. The molecule has 11 aromatic rings. The fourth-order valence-electron chi connectivity index (χ4n) is 11.0. The van der Waals surface area contributed by atoms with E-state index in [1.165, 1.54) is 31.9 Å². The number of nitrogens with two attached hydrogens (primary N) is 1. The lowest BCUT2D eigenvalue weighted by Crippen LogP contribution is -2.30. The number of aryl methyl sites for hydroxylation is 3. The average molecular weight is 1460 g/mol. The van der Waals surface area contributed by atoms with Crippen LogP contribution in [0.2, 0.25) is 0 Å². The molecule has 0 radical (unpaired) electrons. The van der Waals surface area contributed by atoms with Gasteiger partial charge in [0.1, 0.15) is 47.7 Å². The molecular weight excluding hydrogens is 1390 g/mol. The average Bonchev–Trinajstić information content (AvgIpc) is 1.85. The van der Waals surface area contributed by atoms with Crippen molar-refractivity contribution >= 4 is 73.7 Å². The summed E-state index contributed by atoms with van der Waals surface area (Å²) in [7, 11) is -1.40. The first-order valence-corrected chi connectivity index (χ1v) is 33.9. The van der Waals surface area contributed by atoms with E-state index in [2.05, 4.69) is 106 Å². The SMILES string of the molecule is Nc1cccc(-c2nncn2CCCOCc2ccc(Br)cc2C(=O)O)n1.O=C1Cc2cccc(n2)-c2nncn2CCCOCc2ccc(-c3ccc(C4CC4)nc3)cc21.O=C1Nc2cccc(n2)-c2nncn2CCCOCc2ccc(Br)cc21.OB(O)c1ccc(C2CC2)nc1. The number of benzene rings is 3. The Morgan fingerprint density at radius 2 is 1.25 bits per heavy atom. The van der Waals surface area contributed by atoms with Crippen molar-refractivity contribution in [2.75, 3.05) is 30.9 Å². The lowest BCUT2D eigenvalue weighted by Gasteiger charge is -2.14. The van der Waals surface area contributed by atoms with Crippen molar-refractivity contribution in [3.05, 3.63) is 224 Å². The molecule has 0 spiro atoms. The van der Waals surface area contributed by atoms with Crippen LogP contribution < -0.4 is 16.5 Å². The van der Waals surface area contributed by atoms with Gasteiger partial charge in [0, 0.05) is 112 Å². The maximum atomic E-state index is 13.5. The normalized spacial score (nSPS) is 14.4. The topological polar surface area (TPSA) is 334 Å². The van der Waals surface area contributed by atoms with Crippen molar-refractivity contribution in [3.63, 3.8) is 0 Å². The van der Waals surface area contributed by atoms with Crippen molar-refractivity contribution in [2.45, 2.75) is 103 Å². The molecule has 4 bridgehead atoms. The minimum absolute atomic E-state index is 0.0196. The quantitative estimate of drug-likeness (QED) is 0.0560. The molecule has 8 aromatic heterocycles. The van der Waals surface area contributed by atoms with Gasteiger partial charge in [0.2, 0.25) is 0 Å². The van der Waals surface area contributed by atoms with Crippen LogP contribution >= 0.6 is 31.9 Å². The fourth-order valence-corrected chi connectivity index (χ4v) is 11.8. The Labute approximate surface area is 586 Å². The van der Waals surface area contributed by atoms with Crippen LogP contribution in [0.3, 0.4) is 0 Å². The number of halogens is 2. The van der Waals surface area contributed by atoms with Crippen LogP contribution in [0.1, 0.15) is 122 Å². The van der Waals surface area contributed by atoms with Crippen molar-refractivity contribution in [1.29, 1.82) is 0 Å². The van der Waals surface area contributed by atoms with Gasteiger partial charge in [-0.2, -0.15) is 0 Å². The lowest BCUT2D eigenvalue weighted by atomic mass is 9.81. The molecule has 15 rings (SSSR count). The van der Waals surface area contributed by atoms with Crippen molar-refractivity contribution in [3.8, 4) is 45.7 Å². The Balaban J connectivity index is 0.000000131. The Kier molecular flexibility index (Phi) is 23.0. The summed E-state index contributed by atoms with van der Waals surface area (Å²) in [5, 5.41) is 54.2. The lowest BCUT2D eigenvalue weighted by molar-refractivity contribution is 0.0685. The van der Waals surface area contributed by atoms with Gasteiger partial charge in [-0.25, -0.2) is 19.7 Å². The van der Waals surface area contributed by atoms with E-state index in [0.717, 1.165) is 74.2 Å². The van der Waals surface area contributed by atoms with Crippen LogP contribution in [0.15, 0.2) is 174 Å². The summed E-state index contributed by atoms with van der Waals surface area (Å²) < 4.78 is 24.7. The van der Waals surface area contributed by atoms with E-state index >= 15 is 0 Å². The van der Waals surface area contributed by atoms with Gasteiger partial charge in [-0.15, -0.1) is 30.6 Å². The number of aromatic carboxylic acids is 1. The summed E-state index contributed by atoms with van der Waals surface area (Å²) in [6, 6.07) is 41.0. The number of carbonyl (C=O) groups is 3. The number of rotatable bonds is 12. The molecular formula is C71H69BBr2N16O9. The second kappa shape index (κ2) is 33.1. The molecule has 25 nitrogen and oxygen atoms in total. The number of hydrogen-bond donors (Lipinski definition) is 5. The van der Waals surface area contributed by atoms with E-state index in [1.807, 2.05) is 92.7 Å². The summed E-state index contributed by atoms with van der Waals surface area (Å²) in [6.07, 6.45) is 15.9. The summed E-state index contributed by atoms with van der Waals surface area (Å²) in [5.74, 6) is 2.96. The fraction of sp³-hybridized carbons (Fsp3) is 0.268. The highest BCUT2D eigenvalue weighted by atomic mass is 79.9. The molecule has 4 aliphatic rings. The summed E-state index contributed by atoms with van der Waals surface area (Å²) in [6.45, 7) is 4.73. The molecule has 0 saturated heterocycles. The van der Waals surface area contributed by atoms with Crippen molar-refractivity contribution in [2.24, 2.45) is 0 Å². The Morgan fingerprint density at radius 3 is 1.91 bits per heavy atom. The predicted molar refractivity (Wildman–Crippen MR) is 376 cm³/mol. The van der Waals surface area contributed by atoms with E-state index < -0.39 is 13.1 Å². The maximum absolute atomic E-state index is 13.5. The number of aromatic nitrogens is 14. The number of amides is 1. The summed E-state index contributed by atoms with van der Waals surface area (Å²) >= 11 is 6.70. The van der Waals surface area contributed by atoms with E-state index in [1.54, 1.807) is 61.4 Å². The zero-order chi connectivity index (χ0) is 68.6. The molecule has 3 aromatic carbocycles. The standard InChI is InChI=1S/C27H25N5O2.C18H18BrN5O3.C18H16BrN5O2.C8H10BNO2/c33-26-14-22-3-1-4-25(30-22)27-31-29-17-32(27)11-2-12-34-16-21-8-7-19(13-23(21)26)20-9-10-24(28-15-20)18-5-6-18;19-13-6-5-12(14(9-13)18(25)26)10-27-8-2-7-24-11-21-23-17(24)15-3-1-4-16(20)22-15;19-13-6-5-12-10-26-8-2-7-24-11-20-23-17(24)15-3-1-4-16(21-15)22-18(25)14(12)9-13;11-9(12)7-3-4-8(10-5-7)6-1-2-6/h1,3-4,7-10,13,15,17-18H,2,5-6,11-12,14,16H2;1,3-6,9,11H,2,7-8,10H2,(H2,20,22)(H,25,26);1,3-6,9,11H,2,7-8,10H2,(H,21,22,25);3-6,11-12H,1-2H2. The summed E-state index contributed by atoms with van der Waals surface area (Å²) in [5.41, 5.74) is 17.0. The third-order valence-corrected chi connectivity index (χ3v) is 17.5. The maximum Gasteiger partial charge on any atom is 0.490 e. The zero-order valence-corrected chi connectivity index (χ0v) is 56.9. The third kappa shape index (κ3) is 18.6. The first-order valence-electron chi connectivity index (χ1n) is 32.4. The molecule has 99 heavy (non-hydrogen) atoms.